The van der Waals surface area contributed by atoms with Crippen molar-refractivity contribution in [3.05, 3.63) is 0 Å². The van der Waals surface area contributed by atoms with Gasteiger partial charge in [-0.2, -0.15) is 0 Å². The van der Waals surface area contributed by atoms with Crippen molar-refractivity contribution in [3.63, 3.8) is 0 Å². The molecule has 0 aliphatic rings. The molecule has 0 saturated carbocycles. The Balaban J connectivity index is 2.80. The number of rotatable bonds is 0. The Hall–Kier alpha value is 0.408. The molecule has 0 aromatic carbocycles. The zero-order valence-electron chi connectivity index (χ0n) is 1.71. The summed E-state index contributed by atoms with van der Waals surface area (Å²) in [7, 11) is 0. The first-order valence-corrected chi connectivity index (χ1v) is 4.35. The number of hydrogen-bond acceptors (Lipinski definition) is 1. The Labute approximate surface area is 29.7 Å². The van der Waals surface area contributed by atoms with Gasteiger partial charge in [-0.25, -0.2) is 0 Å². The van der Waals surface area contributed by atoms with Crippen molar-refractivity contribution in [1.82, 2.24) is 0 Å². The van der Waals surface area contributed by atoms with Crippen LogP contribution in [0.5, 0.6) is 0 Å². The van der Waals surface area contributed by atoms with E-state index in [0.717, 1.165) is 0 Å². The van der Waals surface area contributed by atoms with Crippen LogP contribution in [0, 0.1) is 0 Å². The van der Waals surface area contributed by atoms with Gasteiger partial charge in [0.2, 0.25) is 0 Å². The fourth-order valence-corrected chi connectivity index (χ4v) is 0. The van der Waals surface area contributed by atoms with E-state index in [1.54, 1.807) is 0 Å². The van der Waals surface area contributed by atoms with E-state index in [9.17, 15) is 0 Å². The Morgan fingerprint density at radius 3 is 1.50 bits per heavy atom. The summed E-state index contributed by atoms with van der Waals surface area (Å²) >= 11 is -3.78. The van der Waals surface area contributed by atoms with E-state index in [1.807, 2.05) is 0 Å². The fraction of sp³-hybridized carbons (Fsp3) is 0. The van der Waals surface area contributed by atoms with Crippen LogP contribution in [0.4, 0.5) is 0 Å². The Bertz CT molecular complexity index is 26.3. The SMILES string of the molecule is [O]=[W]([OH])[OH]. The molecule has 0 unspecified atom stereocenters. The van der Waals surface area contributed by atoms with E-state index in [4.69, 9.17) is 10.9 Å². The van der Waals surface area contributed by atoms with Gasteiger partial charge in [0.05, 0.1) is 0 Å². The van der Waals surface area contributed by atoms with Crippen LogP contribution < -0.4 is 0 Å². The van der Waals surface area contributed by atoms with Gasteiger partial charge in [0.15, 0.2) is 0 Å². The molecule has 0 saturated heterocycles. The van der Waals surface area contributed by atoms with Crippen molar-refractivity contribution in [1.29, 1.82) is 0 Å². The van der Waals surface area contributed by atoms with Crippen LogP contribution >= 0.6 is 0 Å². The van der Waals surface area contributed by atoms with Gasteiger partial charge in [-0.15, -0.1) is 0 Å². The average molecular weight is 234 g/mol. The molecule has 0 fully saturated rings. The number of hydrogen-bond donors (Lipinski definition) is 2. The van der Waals surface area contributed by atoms with E-state index < -0.39 is 18.0 Å². The minimum atomic E-state index is -3.78. The zero-order valence-corrected chi connectivity index (χ0v) is 4.64. The zero-order chi connectivity index (χ0) is 3.58. The Morgan fingerprint density at radius 1 is 1.50 bits per heavy atom. The van der Waals surface area contributed by atoms with Crippen LogP contribution in [-0.2, 0) is 21.4 Å². The minimum absolute atomic E-state index is 3.78. The molecule has 0 radical (unpaired) electrons. The third-order valence-electron chi connectivity index (χ3n) is 0. The van der Waals surface area contributed by atoms with E-state index in [1.165, 1.54) is 0 Å². The normalized spacial score (nSPS) is 8.75. The monoisotopic (exact) mass is 234 g/mol. The van der Waals surface area contributed by atoms with Crippen LogP contribution in [-0.4, -0.2) is 7.52 Å². The summed E-state index contributed by atoms with van der Waals surface area (Å²) in [5.74, 6) is 0. The summed E-state index contributed by atoms with van der Waals surface area (Å²) in [5, 5.41) is 0. The molecule has 26 valence electrons. The molecule has 0 bridgehead atoms. The van der Waals surface area contributed by atoms with E-state index >= 15 is 0 Å². The molecule has 3 nitrogen and oxygen atoms in total. The molecule has 0 aromatic rings. The van der Waals surface area contributed by atoms with Gasteiger partial charge in [-0.05, 0) is 0 Å². The summed E-state index contributed by atoms with van der Waals surface area (Å²) < 4.78 is 23.3. The van der Waals surface area contributed by atoms with Crippen LogP contribution in [0.15, 0.2) is 0 Å². The molecule has 0 rings (SSSR count). The van der Waals surface area contributed by atoms with Crippen molar-refractivity contribution in [2.75, 3.05) is 0 Å². The van der Waals surface area contributed by atoms with E-state index in [0.29, 0.717) is 0 Å². The van der Waals surface area contributed by atoms with Crippen molar-refractivity contribution in [2.45, 2.75) is 0 Å². The van der Waals surface area contributed by atoms with Gasteiger partial charge in [-0.1, -0.05) is 0 Å². The third-order valence-corrected chi connectivity index (χ3v) is 0. The molecule has 0 aliphatic carbocycles. The van der Waals surface area contributed by atoms with Crippen molar-refractivity contribution in [2.24, 2.45) is 0 Å². The summed E-state index contributed by atoms with van der Waals surface area (Å²) in [5.41, 5.74) is 0. The quantitative estimate of drug-likeness (QED) is 0.551. The molecular formula is H2O3W. The molecule has 0 aliphatic heterocycles. The second-order valence-electron chi connectivity index (χ2n) is 0.231. The topological polar surface area (TPSA) is 57.5 Å². The first kappa shape index (κ1) is 4.41. The van der Waals surface area contributed by atoms with Crippen LogP contribution in [0.3, 0.4) is 0 Å². The van der Waals surface area contributed by atoms with Gasteiger partial charge in [-0.3, -0.25) is 0 Å². The summed E-state index contributed by atoms with van der Waals surface area (Å²) in [6, 6.07) is 0. The predicted octanol–water partition coefficient (Wildman–Crippen LogP) is -1.24. The maximum atomic E-state index is 8.83. The van der Waals surface area contributed by atoms with Crippen LogP contribution in [0.25, 0.3) is 0 Å². The van der Waals surface area contributed by atoms with Crippen molar-refractivity contribution in [3.8, 4) is 0 Å². The van der Waals surface area contributed by atoms with Gasteiger partial charge in [0.25, 0.3) is 0 Å². The standard InChI is InChI=1S/2H2O.O.W/h2*1H2;;/q;;;+2/p-2. The summed E-state index contributed by atoms with van der Waals surface area (Å²) in [4.78, 5) is 0. The Kier molecular flexibility index (Phi) is 1.88. The molecule has 0 atom stereocenters. The second-order valence-corrected chi connectivity index (χ2v) is 1.89. The fourth-order valence-electron chi connectivity index (χ4n) is 0. The van der Waals surface area contributed by atoms with Crippen molar-refractivity contribution < 1.29 is 29.0 Å². The van der Waals surface area contributed by atoms with Crippen molar-refractivity contribution >= 4 is 0 Å². The average Bonchev–Trinajstić information content (AvgIpc) is 0.811. The first-order valence-electron chi connectivity index (χ1n) is 0.532. The molecule has 4 heavy (non-hydrogen) atoms. The van der Waals surface area contributed by atoms with Crippen LogP contribution in [0.1, 0.15) is 0 Å². The molecule has 0 heterocycles. The van der Waals surface area contributed by atoms with Gasteiger partial charge in [0.1, 0.15) is 0 Å². The first-order chi connectivity index (χ1) is 1.73. The van der Waals surface area contributed by atoms with Gasteiger partial charge < -0.3 is 0 Å². The summed E-state index contributed by atoms with van der Waals surface area (Å²) in [6.45, 7) is 0. The van der Waals surface area contributed by atoms with Crippen LogP contribution in [0.2, 0.25) is 0 Å². The maximum absolute atomic E-state index is 8.83. The van der Waals surface area contributed by atoms with Gasteiger partial charge in [0, 0.05) is 0 Å². The van der Waals surface area contributed by atoms with E-state index in [-0.39, 0.29) is 0 Å². The molecular weight excluding hydrogens is 232 g/mol. The second kappa shape index (κ2) is 1.70. The molecule has 4 heteroatoms. The molecule has 0 amide bonds. The van der Waals surface area contributed by atoms with Gasteiger partial charge >= 0.3 is 29.0 Å². The molecule has 0 aromatic heterocycles. The third kappa shape index (κ3) is 28.7. The van der Waals surface area contributed by atoms with E-state index in [2.05, 4.69) is 0 Å². The molecule has 2 N–H and O–H groups in total. The Morgan fingerprint density at radius 2 is 1.50 bits per heavy atom. The predicted molar refractivity (Wildman–Crippen MR) is 5.12 cm³/mol. The molecule has 0 spiro atoms. The summed E-state index contributed by atoms with van der Waals surface area (Å²) in [6.07, 6.45) is 0.